The van der Waals surface area contributed by atoms with Crippen molar-refractivity contribution in [3.63, 3.8) is 0 Å². The molecular weight excluding hydrogens is 176 g/mol. The molecule has 1 aliphatic carbocycles. The summed E-state index contributed by atoms with van der Waals surface area (Å²) in [7, 11) is 0. The molecular formula is C12H24O2. The normalized spacial score (nSPS) is 36.9. The average Bonchev–Trinajstić information content (AvgIpc) is 2.08. The van der Waals surface area contributed by atoms with Gasteiger partial charge >= 0.3 is 0 Å². The van der Waals surface area contributed by atoms with Gasteiger partial charge in [-0.25, -0.2) is 0 Å². The lowest BCUT2D eigenvalue weighted by Gasteiger charge is -2.43. The molecule has 0 heterocycles. The number of rotatable bonds is 1. The van der Waals surface area contributed by atoms with E-state index in [-0.39, 0.29) is 5.41 Å². The van der Waals surface area contributed by atoms with Gasteiger partial charge in [0.25, 0.3) is 0 Å². The Morgan fingerprint density at radius 2 is 1.64 bits per heavy atom. The van der Waals surface area contributed by atoms with Crippen LogP contribution in [0.5, 0.6) is 0 Å². The first-order valence-electron chi connectivity index (χ1n) is 5.66. The molecule has 1 unspecified atom stereocenters. The van der Waals surface area contributed by atoms with Crippen LogP contribution in [0.3, 0.4) is 0 Å². The zero-order chi connectivity index (χ0) is 11.0. The van der Waals surface area contributed by atoms with Crippen LogP contribution < -0.4 is 0 Å². The van der Waals surface area contributed by atoms with E-state index in [1.807, 2.05) is 20.8 Å². The van der Waals surface area contributed by atoms with Crippen LogP contribution in [0, 0.1) is 11.3 Å². The van der Waals surface area contributed by atoms with Gasteiger partial charge in [0.15, 0.2) is 0 Å². The topological polar surface area (TPSA) is 40.5 Å². The van der Waals surface area contributed by atoms with Crippen LogP contribution in [-0.4, -0.2) is 21.9 Å². The van der Waals surface area contributed by atoms with Crippen molar-refractivity contribution in [2.24, 2.45) is 11.3 Å². The third-order valence-corrected chi connectivity index (χ3v) is 3.47. The van der Waals surface area contributed by atoms with Crippen LogP contribution in [0.15, 0.2) is 0 Å². The highest BCUT2D eigenvalue weighted by atomic mass is 16.3. The molecule has 0 aromatic heterocycles. The van der Waals surface area contributed by atoms with Crippen molar-refractivity contribution in [3.05, 3.63) is 0 Å². The van der Waals surface area contributed by atoms with E-state index in [4.69, 9.17) is 0 Å². The van der Waals surface area contributed by atoms with Gasteiger partial charge in [-0.3, -0.25) is 0 Å². The summed E-state index contributed by atoms with van der Waals surface area (Å²) in [4.78, 5) is 0. The van der Waals surface area contributed by atoms with E-state index in [9.17, 15) is 10.2 Å². The smallest absolute Gasteiger partial charge is 0.0910 e. The van der Waals surface area contributed by atoms with E-state index in [1.54, 1.807) is 0 Å². The van der Waals surface area contributed by atoms with E-state index >= 15 is 0 Å². The van der Waals surface area contributed by atoms with Gasteiger partial charge in [0.2, 0.25) is 0 Å². The van der Waals surface area contributed by atoms with Crippen molar-refractivity contribution < 1.29 is 10.2 Å². The molecule has 1 aliphatic rings. The monoisotopic (exact) mass is 200 g/mol. The molecule has 2 heteroatoms. The van der Waals surface area contributed by atoms with E-state index in [0.29, 0.717) is 5.92 Å². The van der Waals surface area contributed by atoms with Gasteiger partial charge in [0, 0.05) is 0 Å². The second-order valence-corrected chi connectivity index (χ2v) is 6.05. The highest BCUT2D eigenvalue weighted by molar-refractivity contribution is 4.95. The fourth-order valence-corrected chi connectivity index (χ4v) is 2.34. The second-order valence-electron chi connectivity index (χ2n) is 6.05. The molecule has 2 nitrogen and oxygen atoms in total. The SMILES string of the molecule is CC1CCC(O)(C(O)C(C)(C)C)CC1. The van der Waals surface area contributed by atoms with Gasteiger partial charge in [-0.2, -0.15) is 0 Å². The highest BCUT2D eigenvalue weighted by Crippen LogP contribution is 2.39. The summed E-state index contributed by atoms with van der Waals surface area (Å²) in [6.07, 6.45) is 2.94. The predicted octanol–water partition coefficient (Wildman–Crippen LogP) is 2.33. The lowest BCUT2D eigenvalue weighted by atomic mass is 9.69. The summed E-state index contributed by atoms with van der Waals surface area (Å²) in [6, 6.07) is 0. The van der Waals surface area contributed by atoms with Crippen molar-refractivity contribution in [1.29, 1.82) is 0 Å². The first-order chi connectivity index (χ1) is 6.26. The summed E-state index contributed by atoms with van der Waals surface area (Å²) < 4.78 is 0. The molecule has 0 saturated heterocycles. The van der Waals surface area contributed by atoms with Gasteiger partial charge in [-0.05, 0) is 37.0 Å². The second kappa shape index (κ2) is 3.82. The number of aliphatic hydroxyl groups is 2. The van der Waals surface area contributed by atoms with Crippen molar-refractivity contribution in [2.45, 2.75) is 65.1 Å². The Bertz CT molecular complexity index is 185. The molecule has 0 aromatic carbocycles. The van der Waals surface area contributed by atoms with Crippen LogP contribution in [0.25, 0.3) is 0 Å². The number of aliphatic hydroxyl groups excluding tert-OH is 1. The largest absolute Gasteiger partial charge is 0.390 e. The zero-order valence-electron chi connectivity index (χ0n) is 9.88. The van der Waals surface area contributed by atoms with Gasteiger partial charge in [0.05, 0.1) is 11.7 Å². The van der Waals surface area contributed by atoms with Crippen molar-refractivity contribution in [3.8, 4) is 0 Å². The molecule has 1 fully saturated rings. The third-order valence-electron chi connectivity index (χ3n) is 3.47. The minimum Gasteiger partial charge on any atom is -0.390 e. The molecule has 0 spiro atoms. The standard InChI is InChI=1S/C12H24O2/c1-9-5-7-12(14,8-6-9)10(13)11(2,3)4/h9-10,13-14H,5-8H2,1-4H3. The summed E-state index contributed by atoms with van der Waals surface area (Å²) in [5.74, 6) is 0.697. The van der Waals surface area contributed by atoms with Crippen LogP contribution in [0.1, 0.15) is 53.4 Å². The van der Waals surface area contributed by atoms with Crippen molar-refractivity contribution >= 4 is 0 Å². The molecule has 14 heavy (non-hydrogen) atoms. The Morgan fingerprint density at radius 3 is 2.00 bits per heavy atom. The molecule has 0 aliphatic heterocycles. The van der Waals surface area contributed by atoms with Crippen molar-refractivity contribution in [2.75, 3.05) is 0 Å². The first-order valence-corrected chi connectivity index (χ1v) is 5.66. The quantitative estimate of drug-likeness (QED) is 0.682. The maximum atomic E-state index is 10.3. The summed E-state index contributed by atoms with van der Waals surface area (Å²) in [5, 5.41) is 20.4. The molecule has 0 amide bonds. The molecule has 0 radical (unpaired) electrons. The van der Waals surface area contributed by atoms with Crippen molar-refractivity contribution in [1.82, 2.24) is 0 Å². The molecule has 1 rings (SSSR count). The van der Waals surface area contributed by atoms with E-state index in [2.05, 4.69) is 6.92 Å². The Hall–Kier alpha value is -0.0800. The average molecular weight is 200 g/mol. The van der Waals surface area contributed by atoms with Gasteiger partial charge < -0.3 is 10.2 Å². The number of hydrogen-bond acceptors (Lipinski definition) is 2. The van der Waals surface area contributed by atoms with Crippen LogP contribution in [-0.2, 0) is 0 Å². The molecule has 1 atom stereocenters. The minimum atomic E-state index is -0.842. The van der Waals surface area contributed by atoms with Gasteiger partial charge in [0.1, 0.15) is 0 Å². The Balaban J connectivity index is 2.66. The molecule has 0 aromatic rings. The van der Waals surface area contributed by atoms with Crippen LogP contribution in [0.4, 0.5) is 0 Å². The number of hydrogen-bond donors (Lipinski definition) is 2. The van der Waals surface area contributed by atoms with Crippen LogP contribution in [0.2, 0.25) is 0 Å². The fraction of sp³-hybridized carbons (Fsp3) is 1.00. The molecule has 84 valence electrons. The lowest BCUT2D eigenvalue weighted by Crippen LogP contribution is -2.51. The van der Waals surface area contributed by atoms with E-state index in [1.165, 1.54) is 0 Å². The highest BCUT2D eigenvalue weighted by Gasteiger charge is 2.43. The predicted molar refractivity (Wildman–Crippen MR) is 58.0 cm³/mol. The Labute approximate surface area is 87.3 Å². The maximum Gasteiger partial charge on any atom is 0.0910 e. The molecule has 0 bridgehead atoms. The van der Waals surface area contributed by atoms with Gasteiger partial charge in [-0.15, -0.1) is 0 Å². The summed E-state index contributed by atoms with van der Waals surface area (Å²) in [5.41, 5.74) is -1.07. The summed E-state index contributed by atoms with van der Waals surface area (Å²) >= 11 is 0. The Morgan fingerprint density at radius 1 is 1.21 bits per heavy atom. The third kappa shape index (κ3) is 2.48. The molecule has 2 N–H and O–H groups in total. The zero-order valence-corrected chi connectivity index (χ0v) is 9.88. The van der Waals surface area contributed by atoms with Gasteiger partial charge in [-0.1, -0.05) is 27.7 Å². The van der Waals surface area contributed by atoms with Crippen LogP contribution >= 0.6 is 0 Å². The summed E-state index contributed by atoms with van der Waals surface area (Å²) in [6.45, 7) is 8.15. The van der Waals surface area contributed by atoms with E-state index < -0.39 is 11.7 Å². The minimum absolute atomic E-state index is 0.227. The Kier molecular flexibility index (Phi) is 3.27. The lowest BCUT2D eigenvalue weighted by molar-refractivity contribution is -0.142. The first kappa shape index (κ1) is 12.0. The fourth-order valence-electron chi connectivity index (χ4n) is 2.34. The molecule has 1 saturated carbocycles. The maximum absolute atomic E-state index is 10.3. The van der Waals surface area contributed by atoms with E-state index in [0.717, 1.165) is 25.7 Å².